The van der Waals surface area contributed by atoms with E-state index in [0.717, 1.165) is 9.91 Å². The number of non-ortho nitro benzene ring substituents is 1. The van der Waals surface area contributed by atoms with Crippen LogP contribution < -0.4 is 24.5 Å². The lowest BCUT2D eigenvalue weighted by atomic mass is 9.50. The topological polar surface area (TPSA) is 178 Å². The number of phenols is 1. The molecule has 2 N–H and O–H groups in total. The van der Waals surface area contributed by atoms with E-state index in [1.54, 1.807) is 60.7 Å². The van der Waals surface area contributed by atoms with Gasteiger partial charge >= 0.3 is 0 Å². The van der Waals surface area contributed by atoms with Crippen molar-refractivity contribution in [1.82, 2.24) is 5.01 Å². The van der Waals surface area contributed by atoms with E-state index in [0.29, 0.717) is 27.5 Å². The van der Waals surface area contributed by atoms with Gasteiger partial charge < -0.3 is 19.3 Å². The number of hydrazine groups is 1. The Morgan fingerprint density at radius 1 is 0.864 bits per heavy atom. The van der Waals surface area contributed by atoms with E-state index in [2.05, 4.69) is 5.43 Å². The Kier molecular flexibility index (Phi) is 10.1. The van der Waals surface area contributed by atoms with Crippen LogP contribution in [0.4, 0.5) is 17.1 Å². The van der Waals surface area contributed by atoms with E-state index < -0.39 is 63.6 Å². The SMILES string of the molecule is COc1ccc(C23C(=O)N(Nc4ccc(Cl)cc4Cl)C(=O)C2CC2C(=CCC4C(=O)N(c5ccc([N+](=O)[O-])cc5)C(=O)C42)C3C=Cc2cc(OC)c(O)c(OC)c2)cc1. The molecule has 59 heavy (non-hydrogen) atoms. The maximum atomic E-state index is 15.4. The fourth-order valence-electron chi connectivity index (χ4n) is 9.28. The smallest absolute Gasteiger partial charge is 0.269 e. The number of phenolic OH excluding ortho intramolecular Hbond substituents is 1. The molecular formula is C43H36Cl2N4O10. The molecule has 0 radical (unpaired) electrons. The molecule has 4 aromatic rings. The average molecular weight is 840 g/mol. The van der Waals surface area contributed by atoms with Crippen molar-refractivity contribution in [3.8, 4) is 23.0 Å². The Balaban J connectivity index is 1.30. The van der Waals surface area contributed by atoms with Crippen molar-refractivity contribution < 1.29 is 43.4 Å². The van der Waals surface area contributed by atoms with Gasteiger partial charge in [0.25, 0.3) is 17.5 Å². The summed E-state index contributed by atoms with van der Waals surface area (Å²) in [7, 11) is 4.32. The summed E-state index contributed by atoms with van der Waals surface area (Å²) in [5.74, 6) is -5.87. The summed E-state index contributed by atoms with van der Waals surface area (Å²) in [4.78, 5) is 71.0. The van der Waals surface area contributed by atoms with Gasteiger partial charge in [-0.15, -0.1) is 0 Å². The van der Waals surface area contributed by atoms with E-state index in [1.165, 1.54) is 51.7 Å². The third-order valence-corrected chi connectivity index (χ3v) is 12.5. The number of aromatic hydroxyl groups is 1. The molecule has 16 heteroatoms. The summed E-state index contributed by atoms with van der Waals surface area (Å²) in [6, 6.07) is 19.9. The first-order valence-corrected chi connectivity index (χ1v) is 19.3. The minimum atomic E-state index is -1.60. The summed E-state index contributed by atoms with van der Waals surface area (Å²) in [5.41, 5.74) is 3.34. The van der Waals surface area contributed by atoms with E-state index in [-0.39, 0.29) is 52.2 Å². The fraction of sp³-hybridized carbons (Fsp3) is 0.256. The molecule has 4 amide bonds. The van der Waals surface area contributed by atoms with Crippen molar-refractivity contribution in [1.29, 1.82) is 0 Å². The zero-order valence-corrected chi connectivity index (χ0v) is 33.3. The van der Waals surface area contributed by atoms with Crippen LogP contribution in [0.25, 0.3) is 6.08 Å². The number of carbonyl (C=O) groups is 4. The predicted octanol–water partition coefficient (Wildman–Crippen LogP) is 7.37. The van der Waals surface area contributed by atoms with Crippen LogP contribution in [0.15, 0.2) is 96.6 Å². The highest BCUT2D eigenvalue weighted by atomic mass is 35.5. The summed E-state index contributed by atoms with van der Waals surface area (Å²) in [5, 5.41) is 23.5. The number of ether oxygens (including phenoxy) is 3. The number of hydrogen-bond acceptors (Lipinski definition) is 11. The molecule has 8 rings (SSSR count). The van der Waals surface area contributed by atoms with Gasteiger partial charge in [0.1, 0.15) is 5.75 Å². The number of hydrogen-bond donors (Lipinski definition) is 2. The number of nitrogens with one attached hydrogen (secondary N) is 1. The number of nitrogens with zero attached hydrogens (tertiary/aromatic N) is 3. The Hall–Kier alpha value is -6.38. The molecule has 6 atom stereocenters. The first-order chi connectivity index (χ1) is 28.3. The third kappa shape index (κ3) is 6.25. The van der Waals surface area contributed by atoms with Gasteiger partial charge in [-0.3, -0.25) is 39.6 Å². The fourth-order valence-corrected chi connectivity index (χ4v) is 9.74. The highest BCUT2D eigenvalue weighted by Gasteiger charge is 2.69. The number of rotatable bonds is 10. The molecule has 1 saturated carbocycles. The molecule has 0 aromatic heterocycles. The molecule has 4 aliphatic rings. The van der Waals surface area contributed by atoms with Crippen LogP contribution in [-0.2, 0) is 24.6 Å². The maximum Gasteiger partial charge on any atom is 0.269 e. The van der Waals surface area contributed by atoms with Crippen molar-refractivity contribution in [3.63, 3.8) is 0 Å². The largest absolute Gasteiger partial charge is 0.502 e. The number of imide groups is 2. The highest BCUT2D eigenvalue weighted by Crippen LogP contribution is 2.62. The number of methoxy groups -OCH3 is 3. The molecular weight excluding hydrogens is 803 g/mol. The Bertz CT molecular complexity index is 2470. The molecule has 0 bridgehead atoms. The minimum Gasteiger partial charge on any atom is -0.502 e. The van der Waals surface area contributed by atoms with Gasteiger partial charge in [0.05, 0.1) is 65.8 Å². The number of benzene rings is 4. The molecule has 302 valence electrons. The molecule has 2 saturated heterocycles. The van der Waals surface area contributed by atoms with E-state index in [4.69, 9.17) is 37.4 Å². The normalized spacial score (nSPS) is 24.8. The number of fused-ring (bicyclic) bond motifs is 4. The number of allylic oxidation sites excluding steroid dienone is 3. The van der Waals surface area contributed by atoms with Crippen LogP contribution in [-0.4, -0.2) is 60.0 Å². The lowest BCUT2D eigenvalue weighted by molar-refractivity contribution is -0.384. The Morgan fingerprint density at radius 3 is 2.15 bits per heavy atom. The van der Waals surface area contributed by atoms with Gasteiger partial charge in [-0.2, -0.15) is 5.01 Å². The number of nitro benzene ring substituents is 1. The van der Waals surface area contributed by atoms with Crippen molar-refractivity contribution in [3.05, 3.63) is 128 Å². The van der Waals surface area contributed by atoms with Gasteiger partial charge in [0.15, 0.2) is 11.5 Å². The first-order valence-electron chi connectivity index (χ1n) is 18.5. The molecule has 2 aliphatic heterocycles. The second-order valence-corrected chi connectivity index (χ2v) is 15.5. The van der Waals surface area contributed by atoms with Gasteiger partial charge in [-0.25, -0.2) is 0 Å². The second-order valence-electron chi connectivity index (χ2n) is 14.7. The second kappa shape index (κ2) is 15.1. The van der Waals surface area contributed by atoms with Crippen LogP contribution in [0.2, 0.25) is 10.0 Å². The molecule has 2 heterocycles. The number of carbonyl (C=O) groups excluding carboxylic acids is 4. The van der Waals surface area contributed by atoms with Crippen LogP contribution in [0.3, 0.4) is 0 Å². The lowest BCUT2D eigenvalue weighted by Crippen LogP contribution is -2.54. The monoisotopic (exact) mass is 838 g/mol. The van der Waals surface area contributed by atoms with Gasteiger partial charge in [0.2, 0.25) is 17.6 Å². The van der Waals surface area contributed by atoms with E-state index >= 15 is 4.79 Å². The maximum absolute atomic E-state index is 15.4. The lowest BCUT2D eigenvalue weighted by Gasteiger charge is -2.49. The third-order valence-electron chi connectivity index (χ3n) is 11.9. The Labute approximate surface area is 347 Å². The molecule has 2 aliphatic carbocycles. The predicted molar refractivity (Wildman–Crippen MR) is 217 cm³/mol. The molecule has 3 fully saturated rings. The van der Waals surface area contributed by atoms with Gasteiger partial charge in [0, 0.05) is 23.1 Å². The highest BCUT2D eigenvalue weighted by molar-refractivity contribution is 6.36. The molecule has 14 nitrogen and oxygen atoms in total. The molecule has 4 aromatic carbocycles. The molecule has 6 unspecified atom stereocenters. The summed E-state index contributed by atoms with van der Waals surface area (Å²) in [6.45, 7) is 0. The van der Waals surface area contributed by atoms with Crippen molar-refractivity contribution in [2.24, 2.45) is 29.6 Å². The number of anilines is 2. The van der Waals surface area contributed by atoms with Crippen LogP contribution >= 0.6 is 23.2 Å². The standard InChI is InChI=1S/C43H36Cl2N4O10/c1-57-27-12-5-23(6-13-27)43-31(16-4-22-18-35(58-2)38(50)36(19-22)59-3)28-14-15-29-37(41(53)47(39(29)51)25-8-10-26(11-9-25)49(55)56)30(28)21-32(43)40(52)48(42(43)54)46-34-17-7-24(44)20-33(34)45/h4-14,16-20,29-32,37,46,50H,15,21H2,1-3H3. The first kappa shape index (κ1) is 39.4. The number of halogens is 2. The van der Waals surface area contributed by atoms with E-state index in [1.807, 2.05) is 6.08 Å². The Morgan fingerprint density at radius 2 is 1.54 bits per heavy atom. The zero-order chi connectivity index (χ0) is 41.9. The quantitative estimate of drug-likeness (QED) is 0.0706. The van der Waals surface area contributed by atoms with Crippen LogP contribution in [0.5, 0.6) is 23.0 Å². The van der Waals surface area contributed by atoms with E-state index in [9.17, 15) is 29.6 Å². The van der Waals surface area contributed by atoms with Crippen LogP contribution in [0, 0.1) is 39.7 Å². The average Bonchev–Trinajstić information content (AvgIpc) is 3.62. The summed E-state index contributed by atoms with van der Waals surface area (Å²) >= 11 is 12.7. The molecule has 0 spiro atoms. The minimum absolute atomic E-state index is 0.0223. The van der Waals surface area contributed by atoms with Gasteiger partial charge in [-0.05, 0) is 84.5 Å². The van der Waals surface area contributed by atoms with Crippen molar-refractivity contribution in [2.75, 3.05) is 31.7 Å². The zero-order valence-electron chi connectivity index (χ0n) is 31.8. The summed E-state index contributed by atoms with van der Waals surface area (Å²) < 4.78 is 16.3. The number of nitro groups is 1. The van der Waals surface area contributed by atoms with Crippen molar-refractivity contribution >= 4 is 70.0 Å². The summed E-state index contributed by atoms with van der Waals surface area (Å²) in [6.07, 6.45) is 5.62. The van der Waals surface area contributed by atoms with Crippen LogP contribution in [0.1, 0.15) is 24.0 Å². The van der Waals surface area contributed by atoms with Crippen molar-refractivity contribution in [2.45, 2.75) is 18.3 Å². The number of amides is 4. The van der Waals surface area contributed by atoms with Gasteiger partial charge in [-0.1, -0.05) is 59.1 Å².